The van der Waals surface area contributed by atoms with Crippen LogP contribution in [0.4, 0.5) is 0 Å². The molecule has 5 aromatic rings. The standard InChI is InChI=1S/C28H23N3OS/c1-4-14-31-26-19(3)15-18(2)16-25(26)33-28(31)30-27(32)22-17-24(20-10-6-5-7-11-20)29-23-13-9-8-12-21(22)23/h4-13,15-17H,1,14H2,2-3H3. The van der Waals surface area contributed by atoms with Crippen LogP contribution in [0.25, 0.3) is 32.4 Å². The van der Waals surface area contributed by atoms with Crippen LogP contribution < -0.4 is 4.80 Å². The van der Waals surface area contributed by atoms with E-state index in [2.05, 4.69) is 42.1 Å². The Bertz CT molecular complexity index is 1590. The number of para-hydroxylation sites is 1. The number of hydrogen-bond donors (Lipinski definition) is 0. The largest absolute Gasteiger partial charge is 0.312 e. The average molecular weight is 450 g/mol. The molecule has 162 valence electrons. The molecule has 1 amide bonds. The van der Waals surface area contributed by atoms with Gasteiger partial charge in [0.1, 0.15) is 0 Å². The Morgan fingerprint density at radius 2 is 1.82 bits per heavy atom. The fourth-order valence-electron chi connectivity index (χ4n) is 4.23. The van der Waals surface area contributed by atoms with Crippen molar-refractivity contribution < 1.29 is 4.79 Å². The molecule has 0 aliphatic heterocycles. The minimum absolute atomic E-state index is 0.274. The van der Waals surface area contributed by atoms with Crippen LogP contribution in [0, 0.1) is 13.8 Å². The first-order valence-corrected chi connectivity index (χ1v) is 11.6. The highest BCUT2D eigenvalue weighted by atomic mass is 32.1. The first kappa shape index (κ1) is 21.0. The lowest BCUT2D eigenvalue weighted by Gasteiger charge is -2.08. The summed E-state index contributed by atoms with van der Waals surface area (Å²) in [6.07, 6.45) is 1.84. The number of nitrogens with zero attached hydrogens (tertiary/aromatic N) is 3. The lowest BCUT2D eigenvalue weighted by molar-refractivity contribution is 0.0999. The minimum atomic E-state index is -0.274. The molecule has 0 aliphatic rings. The smallest absolute Gasteiger partial charge is 0.280 e. The van der Waals surface area contributed by atoms with Crippen molar-refractivity contribution in [1.29, 1.82) is 0 Å². The van der Waals surface area contributed by atoms with E-state index >= 15 is 0 Å². The Hall–Kier alpha value is -3.83. The van der Waals surface area contributed by atoms with Gasteiger partial charge in [0.05, 0.1) is 27.0 Å². The predicted octanol–water partition coefficient (Wildman–Crippen LogP) is 6.46. The Labute approximate surface area is 196 Å². The first-order valence-electron chi connectivity index (χ1n) is 10.8. The third kappa shape index (κ3) is 3.92. The Balaban J connectivity index is 1.73. The van der Waals surface area contributed by atoms with Crippen molar-refractivity contribution >= 4 is 38.4 Å². The summed E-state index contributed by atoms with van der Waals surface area (Å²) < 4.78 is 3.19. The molecule has 2 aromatic heterocycles. The second kappa shape index (κ2) is 8.60. The second-order valence-corrected chi connectivity index (χ2v) is 9.08. The van der Waals surface area contributed by atoms with Crippen LogP contribution in [0.1, 0.15) is 21.5 Å². The molecule has 33 heavy (non-hydrogen) atoms. The zero-order valence-corrected chi connectivity index (χ0v) is 19.4. The third-order valence-corrected chi connectivity index (χ3v) is 6.66. The molecule has 0 spiro atoms. The molecule has 0 bridgehead atoms. The SMILES string of the molecule is C=CCn1c(=NC(=O)c2cc(-c3ccccc3)nc3ccccc23)sc2cc(C)cc(C)c21. The zero-order chi connectivity index (χ0) is 22.9. The fourth-order valence-corrected chi connectivity index (χ4v) is 5.45. The van der Waals surface area contributed by atoms with Gasteiger partial charge in [0, 0.05) is 17.5 Å². The molecule has 0 unspecified atom stereocenters. The monoisotopic (exact) mass is 449 g/mol. The molecule has 0 radical (unpaired) electrons. The average Bonchev–Trinajstić information content (AvgIpc) is 3.15. The van der Waals surface area contributed by atoms with Crippen LogP contribution in [0.3, 0.4) is 0 Å². The molecule has 0 saturated carbocycles. The minimum Gasteiger partial charge on any atom is -0.312 e. The molecule has 0 aliphatic carbocycles. The molecular formula is C28H23N3OS. The number of benzene rings is 3. The van der Waals surface area contributed by atoms with Crippen molar-refractivity contribution in [2.45, 2.75) is 20.4 Å². The van der Waals surface area contributed by atoms with Gasteiger partial charge in [0.25, 0.3) is 5.91 Å². The van der Waals surface area contributed by atoms with Crippen molar-refractivity contribution in [3.8, 4) is 11.3 Å². The summed E-state index contributed by atoms with van der Waals surface area (Å²) in [6, 6.07) is 23.8. The van der Waals surface area contributed by atoms with E-state index in [1.54, 1.807) is 0 Å². The van der Waals surface area contributed by atoms with Gasteiger partial charge in [0.2, 0.25) is 0 Å². The van der Waals surface area contributed by atoms with E-state index in [1.807, 2.05) is 66.7 Å². The number of aromatic nitrogens is 2. The number of rotatable bonds is 4. The summed E-state index contributed by atoms with van der Waals surface area (Å²) in [6.45, 7) is 8.67. The van der Waals surface area contributed by atoms with E-state index in [-0.39, 0.29) is 5.91 Å². The summed E-state index contributed by atoms with van der Waals surface area (Å²) >= 11 is 1.53. The molecule has 0 N–H and O–H groups in total. The van der Waals surface area contributed by atoms with Gasteiger partial charge in [-0.1, -0.05) is 72.0 Å². The van der Waals surface area contributed by atoms with Crippen LogP contribution in [-0.4, -0.2) is 15.5 Å². The van der Waals surface area contributed by atoms with E-state index in [9.17, 15) is 4.79 Å². The maximum Gasteiger partial charge on any atom is 0.280 e. The van der Waals surface area contributed by atoms with Gasteiger partial charge in [-0.2, -0.15) is 4.99 Å². The number of allylic oxidation sites excluding steroid dienone is 1. The normalized spacial score (nSPS) is 11.9. The van der Waals surface area contributed by atoms with Crippen molar-refractivity contribution in [2.75, 3.05) is 0 Å². The van der Waals surface area contributed by atoms with Crippen LogP contribution in [-0.2, 0) is 6.54 Å². The quantitative estimate of drug-likeness (QED) is 0.296. The molecule has 0 atom stereocenters. The summed E-state index contributed by atoms with van der Waals surface area (Å²) in [4.78, 5) is 23.6. The number of amides is 1. The topological polar surface area (TPSA) is 47.2 Å². The number of hydrogen-bond acceptors (Lipinski definition) is 3. The maximum absolute atomic E-state index is 13.6. The van der Waals surface area contributed by atoms with E-state index in [0.717, 1.165) is 37.9 Å². The van der Waals surface area contributed by atoms with Gasteiger partial charge in [0.15, 0.2) is 4.80 Å². The summed E-state index contributed by atoms with van der Waals surface area (Å²) in [5, 5.41) is 0.800. The third-order valence-electron chi connectivity index (χ3n) is 5.64. The van der Waals surface area contributed by atoms with Gasteiger partial charge < -0.3 is 4.57 Å². The van der Waals surface area contributed by atoms with Crippen molar-refractivity contribution in [2.24, 2.45) is 4.99 Å². The second-order valence-electron chi connectivity index (χ2n) is 8.07. The van der Waals surface area contributed by atoms with E-state index in [0.29, 0.717) is 16.9 Å². The number of carbonyl (C=O) groups is 1. The molecular weight excluding hydrogens is 426 g/mol. The van der Waals surface area contributed by atoms with Crippen molar-refractivity contribution in [3.63, 3.8) is 0 Å². The Kier molecular flexibility index (Phi) is 5.48. The van der Waals surface area contributed by atoms with Crippen LogP contribution in [0.15, 0.2) is 90.4 Å². The predicted molar refractivity (Wildman–Crippen MR) is 137 cm³/mol. The Morgan fingerprint density at radius 3 is 2.61 bits per heavy atom. The van der Waals surface area contributed by atoms with E-state index in [1.165, 1.54) is 16.9 Å². The number of carbonyl (C=O) groups excluding carboxylic acids is 1. The van der Waals surface area contributed by atoms with Gasteiger partial charge in [-0.3, -0.25) is 4.79 Å². The number of aryl methyl sites for hydroxylation is 2. The lowest BCUT2D eigenvalue weighted by Crippen LogP contribution is -2.17. The summed E-state index contributed by atoms with van der Waals surface area (Å²) in [5.74, 6) is -0.274. The van der Waals surface area contributed by atoms with Crippen LogP contribution in [0.5, 0.6) is 0 Å². The molecule has 3 aromatic carbocycles. The van der Waals surface area contributed by atoms with Crippen LogP contribution >= 0.6 is 11.3 Å². The lowest BCUT2D eigenvalue weighted by atomic mass is 10.0. The maximum atomic E-state index is 13.6. The number of fused-ring (bicyclic) bond motifs is 2. The van der Waals surface area contributed by atoms with Gasteiger partial charge in [-0.05, 0) is 43.2 Å². The zero-order valence-electron chi connectivity index (χ0n) is 18.6. The summed E-state index contributed by atoms with van der Waals surface area (Å²) in [7, 11) is 0. The van der Waals surface area contributed by atoms with E-state index in [4.69, 9.17) is 4.98 Å². The number of pyridine rings is 1. The first-order chi connectivity index (χ1) is 16.0. The Morgan fingerprint density at radius 1 is 1.06 bits per heavy atom. The van der Waals surface area contributed by atoms with E-state index < -0.39 is 0 Å². The summed E-state index contributed by atoms with van der Waals surface area (Å²) in [5.41, 5.74) is 6.51. The highest BCUT2D eigenvalue weighted by molar-refractivity contribution is 7.16. The number of thiazole rings is 1. The molecule has 4 nitrogen and oxygen atoms in total. The molecule has 2 heterocycles. The molecule has 5 heteroatoms. The van der Waals surface area contributed by atoms with Crippen molar-refractivity contribution in [3.05, 3.63) is 107 Å². The van der Waals surface area contributed by atoms with Crippen LogP contribution in [0.2, 0.25) is 0 Å². The van der Waals surface area contributed by atoms with Gasteiger partial charge in [-0.15, -0.1) is 6.58 Å². The highest BCUT2D eigenvalue weighted by Gasteiger charge is 2.15. The molecule has 0 saturated heterocycles. The van der Waals surface area contributed by atoms with Gasteiger partial charge >= 0.3 is 0 Å². The fraction of sp³-hybridized carbons (Fsp3) is 0.107. The van der Waals surface area contributed by atoms with Crippen molar-refractivity contribution in [1.82, 2.24) is 9.55 Å². The molecule has 5 rings (SSSR count). The highest BCUT2D eigenvalue weighted by Crippen LogP contribution is 2.26. The van der Waals surface area contributed by atoms with Gasteiger partial charge in [-0.25, -0.2) is 4.98 Å². The molecule has 0 fully saturated rings.